The van der Waals surface area contributed by atoms with Crippen molar-refractivity contribution in [3.63, 3.8) is 0 Å². The molecule has 34 heavy (non-hydrogen) atoms. The number of halogens is 1. The molecule has 0 radical (unpaired) electrons. The van der Waals surface area contributed by atoms with E-state index in [0.29, 0.717) is 13.1 Å². The molecule has 3 aromatic carbocycles. The van der Waals surface area contributed by atoms with E-state index in [1.807, 2.05) is 42.5 Å². The average Bonchev–Trinajstić information content (AvgIpc) is 3.20. The molecule has 1 aliphatic rings. The van der Waals surface area contributed by atoms with Gasteiger partial charge in [0, 0.05) is 36.8 Å². The van der Waals surface area contributed by atoms with Gasteiger partial charge < -0.3 is 9.88 Å². The number of nitrogens with zero attached hydrogens (tertiary/aromatic N) is 2. The third-order valence-corrected chi connectivity index (χ3v) is 6.78. The standard InChI is InChI=1S/C29H30FN3O/c30-26-11-6-9-23(17-26)20-33-27(18-25-10-4-5-12-28(25)33)21-32-15-13-24(14-16-32)29(34)31-19-22-7-2-1-3-8-22/h1-12,17-18,24H,13-16,19-21H2,(H,31,34). The highest BCUT2D eigenvalue weighted by molar-refractivity contribution is 5.81. The third-order valence-electron chi connectivity index (χ3n) is 6.78. The van der Waals surface area contributed by atoms with Crippen molar-refractivity contribution in [2.75, 3.05) is 13.1 Å². The Morgan fingerprint density at radius 3 is 2.38 bits per heavy atom. The van der Waals surface area contributed by atoms with Crippen LogP contribution in [0.25, 0.3) is 10.9 Å². The minimum Gasteiger partial charge on any atom is -0.352 e. The summed E-state index contributed by atoms with van der Waals surface area (Å²) < 4.78 is 16.1. The minimum absolute atomic E-state index is 0.0677. The van der Waals surface area contributed by atoms with Crippen LogP contribution >= 0.6 is 0 Å². The highest BCUT2D eigenvalue weighted by Crippen LogP contribution is 2.25. The second-order valence-electron chi connectivity index (χ2n) is 9.16. The van der Waals surface area contributed by atoms with Crippen molar-refractivity contribution in [3.8, 4) is 0 Å². The Hall–Kier alpha value is -3.44. The number of aromatic nitrogens is 1. The van der Waals surface area contributed by atoms with Gasteiger partial charge in [0.1, 0.15) is 5.82 Å². The van der Waals surface area contributed by atoms with Gasteiger partial charge in [-0.3, -0.25) is 9.69 Å². The highest BCUT2D eigenvalue weighted by Gasteiger charge is 2.25. The molecule has 0 saturated carbocycles. The lowest BCUT2D eigenvalue weighted by Crippen LogP contribution is -2.40. The fourth-order valence-corrected chi connectivity index (χ4v) is 4.91. The van der Waals surface area contributed by atoms with E-state index in [4.69, 9.17) is 0 Å². The van der Waals surface area contributed by atoms with Gasteiger partial charge in [-0.2, -0.15) is 0 Å². The van der Waals surface area contributed by atoms with Crippen LogP contribution in [-0.4, -0.2) is 28.5 Å². The summed E-state index contributed by atoms with van der Waals surface area (Å²) >= 11 is 0. The number of nitrogens with one attached hydrogen (secondary N) is 1. The van der Waals surface area contributed by atoms with Crippen LogP contribution in [0.5, 0.6) is 0 Å². The molecule has 0 atom stereocenters. The molecule has 1 aliphatic heterocycles. The molecule has 5 heteroatoms. The SMILES string of the molecule is O=C(NCc1ccccc1)C1CCN(Cc2cc3ccccc3n2Cc2cccc(F)c2)CC1. The van der Waals surface area contributed by atoms with Crippen LogP contribution in [0.1, 0.15) is 29.7 Å². The third kappa shape index (κ3) is 5.20. The Labute approximate surface area is 200 Å². The van der Waals surface area contributed by atoms with Crippen LogP contribution in [0, 0.1) is 11.7 Å². The normalized spacial score (nSPS) is 15.0. The van der Waals surface area contributed by atoms with E-state index in [1.165, 1.54) is 17.1 Å². The van der Waals surface area contributed by atoms with Gasteiger partial charge in [-0.25, -0.2) is 4.39 Å². The second kappa shape index (κ2) is 10.2. The summed E-state index contributed by atoms with van der Waals surface area (Å²) in [5, 5.41) is 4.30. The predicted octanol–water partition coefficient (Wildman–Crippen LogP) is 5.36. The summed E-state index contributed by atoms with van der Waals surface area (Å²) in [5.41, 5.74) is 4.46. The summed E-state index contributed by atoms with van der Waals surface area (Å²) in [6.07, 6.45) is 1.73. The Kier molecular flexibility index (Phi) is 6.72. The van der Waals surface area contributed by atoms with Gasteiger partial charge in [0.15, 0.2) is 0 Å². The number of benzene rings is 3. The first kappa shape index (κ1) is 22.4. The molecule has 0 spiro atoms. The summed E-state index contributed by atoms with van der Waals surface area (Å²) in [4.78, 5) is 15.1. The maximum Gasteiger partial charge on any atom is 0.223 e. The van der Waals surface area contributed by atoms with E-state index in [9.17, 15) is 9.18 Å². The van der Waals surface area contributed by atoms with Gasteiger partial charge >= 0.3 is 0 Å². The zero-order valence-electron chi connectivity index (χ0n) is 19.3. The van der Waals surface area contributed by atoms with E-state index in [2.05, 4.69) is 39.0 Å². The van der Waals surface area contributed by atoms with Crippen molar-refractivity contribution in [1.82, 2.24) is 14.8 Å². The predicted molar refractivity (Wildman–Crippen MR) is 134 cm³/mol. The molecule has 1 N–H and O–H groups in total. The maximum atomic E-state index is 13.8. The molecule has 5 rings (SSSR count). The molecular weight excluding hydrogens is 425 g/mol. The quantitative estimate of drug-likeness (QED) is 0.408. The summed E-state index contributed by atoms with van der Waals surface area (Å²) in [5.74, 6) is 0.0185. The number of amides is 1. The molecule has 1 amide bonds. The summed E-state index contributed by atoms with van der Waals surface area (Å²) in [7, 11) is 0. The molecule has 4 aromatic rings. The van der Waals surface area contributed by atoms with Gasteiger partial charge in [-0.15, -0.1) is 0 Å². The number of fused-ring (bicyclic) bond motifs is 1. The first-order chi connectivity index (χ1) is 16.7. The zero-order chi connectivity index (χ0) is 23.3. The zero-order valence-corrected chi connectivity index (χ0v) is 19.3. The molecule has 0 bridgehead atoms. The topological polar surface area (TPSA) is 37.3 Å². The lowest BCUT2D eigenvalue weighted by molar-refractivity contribution is -0.126. The number of hydrogen-bond donors (Lipinski definition) is 1. The number of piperidine rings is 1. The molecule has 2 heterocycles. The van der Waals surface area contributed by atoms with Crippen LogP contribution in [-0.2, 0) is 24.4 Å². The fourth-order valence-electron chi connectivity index (χ4n) is 4.91. The Bertz CT molecular complexity index is 1260. The Morgan fingerprint density at radius 1 is 0.853 bits per heavy atom. The van der Waals surface area contributed by atoms with Crippen molar-refractivity contribution in [2.45, 2.75) is 32.5 Å². The van der Waals surface area contributed by atoms with Crippen LogP contribution in [0.2, 0.25) is 0 Å². The molecule has 0 aliphatic carbocycles. The van der Waals surface area contributed by atoms with E-state index >= 15 is 0 Å². The van der Waals surface area contributed by atoms with Gasteiger partial charge in [0.05, 0.1) is 0 Å². The van der Waals surface area contributed by atoms with E-state index in [0.717, 1.165) is 49.1 Å². The first-order valence-corrected chi connectivity index (χ1v) is 12.0. The largest absolute Gasteiger partial charge is 0.352 e. The van der Waals surface area contributed by atoms with Gasteiger partial charge in [0.25, 0.3) is 0 Å². The number of hydrogen-bond acceptors (Lipinski definition) is 2. The van der Waals surface area contributed by atoms with Crippen molar-refractivity contribution < 1.29 is 9.18 Å². The van der Waals surface area contributed by atoms with Crippen LogP contribution in [0.3, 0.4) is 0 Å². The van der Waals surface area contributed by atoms with Crippen LogP contribution in [0.15, 0.2) is 84.9 Å². The van der Waals surface area contributed by atoms with Crippen molar-refractivity contribution >= 4 is 16.8 Å². The minimum atomic E-state index is -0.205. The van der Waals surface area contributed by atoms with Crippen molar-refractivity contribution in [2.24, 2.45) is 5.92 Å². The molecular formula is C29H30FN3O. The average molecular weight is 456 g/mol. The van der Waals surface area contributed by atoms with E-state index in [-0.39, 0.29) is 17.6 Å². The van der Waals surface area contributed by atoms with Gasteiger partial charge in [-0.1, -0.05) is 60.7 Å². The molecule has 4 nitrogen and oxygen atoms in total. The smallest absolute Gasteiger partial charge is 0.223 e. The molecule has 1 aromatic heterocycles. The molecule has 1 fully saturated rings. The van der Waals surface area contributed by atoms with Gasteiger partial charge in [-0.05, 0) is 66.7 Å². The van der Waals surface area contributed by atoms with Crippen LogP contribution < -0.4 is 5.32 Å². The number of carbonyl (C=O) groups is 1. The first-order valence-electron chi connectivity index (χ1n) is 12.0. The number of para-hydroxylation sites is 1. The van der Waals surface area contributed by atoms with Crippen molar-refractivity contribution in [3.05, 3.63) is 108 Å². The Morgan fingerprint density at radius 2 is 1.59 bits per heavy atom. The lowest BCUT2D eigenvalue weighted by atomic mass is 9.95. The van der Waals surface area contributed by atoms with Crippen molar-refractivity contribution in [1.29, 1.82) is 0 Å². The Balaban J connectivity index is 1.23. The summed E-state index contributed by atoms with van der Waals surface area (Å²) in [6, 6.07) is 27.5. The van der Waals surface area contributed by atoms with Gasteiger partial charge in [0.2, 0.25) is 5.91 Å². The second-order valence-corrected chi connectivity index (χ2v) is 9.16. The maximum absolute atomic E-state index is 13.8. The molecule has 174 valence electrons. The highest BCUT2D eigenvalue weighted by atomic mass is 19.1. The summed E-state index contributed by atoms with van der Waals surface area (Å²) in [6.45, 7) is 3.83. The molecule has 0 unspecified atom stereocenters. The molecule has 1 saturated heterocycles. The van der Waals surface area contributed by atoms with E-state index in [1.54, 1.807) is 12.1 Å². The fraction of sp³-hybridized carbons (Fsp3) is 0.276. The number of rotatable bonds is 7. The van der Waals surface area contributed by atoms with E-state index < -0.39 is 0 Å². The number of carbonyl (C=O) groups excluding carboxylic acids is 1. The monoisotopic (exact) mass is 455 g/mol. The lowest BCUT2D eigenvalue weighted by Gasteiger charge is -2.31. The number of likely N-dealkylation sites (tertiary alicyclic amines) is 1. The van der Waals surface area contributed by atoms with Crippen LogP contribution in [0.4, 0.5) is 4.39 Å².